The van der Waals surface area contributed by atoms with Crippen molar-refractivity contribution in [1.82, 2.24) is 25.3 Å². The highest BCUT2D eigenvalue weighted by molar-refractivity contribution is 6.04. The Morgan fingerprint density at radius 1 is 1.13 bits per heavy atom. The third-order valence-electron chi connectivity index (χ3n) is 5.63. The number of rotatable bonds is 7. The molecule has 1 aromatic heterocycles. The molecule has 1 aliphatic heterocycles. The van der Waals surface area contributed by atoms with E-state index in [1.165, 1.54) is 0 Å². The van der Waals surface area contributed by atoms with Crippen molar-refractivity contribution in [2.24, 2.45) is 5.41 Å². The highest BCUT2D eigenvalue weighted by Gasteiger charge is 2.26. The molecule has 0 aliphatic carbocycles. The Bertz CT molecular complexity index is 875. The molecule has 7 nitrogen and oxygen atoms in total. The molecule has 1 aliphatic rings. The Balaban J connectivity index is 1.47. The van der Waals surface area contributed by atoms with Gasteiger partial charge in [0, 0.05) is 49.6 Å². The van der Waals surface area contributed by atoms with Gasteiger partial charge in [0.1, 0.15) is 0 Å². The van der Waals surface area contributed by atoms with Gasteiger partial charge in [-0.2, -0.15) is 5.10 Å². The standard InChI is InChI=1S/C23H35N5O2/c1-5-13-28-19-9-7-6-8-18(19)20(26-28)21(29)24-12-16-27-14-10-17(11-15-27)25-22(30)23(2,3)4/h6-9,17H,5,10-16H2,1-4H3,(H,24,29)(H,25,30). The molecule has 164 valence electrons. The van der Waals surface area contributed by atoms with E-state index in [9.17, 15) is 9.59 Å². The number of nitrogens with zero attached hydrogens (tertiary/aromatic N) is 3. The van der Waals surface area contributed by atoms with Gasteiger partial charge in [0.15, 0.2) is 5.69 Å². The Hall–Kier alpha value is -2.41. The van der Waals surface area contributed by atoms with E-state index in [1.54, 1.807) is 0 Å². The molecule has 2 amide bonds. The molecular formula is C23H35N5O2. The Kier molecular flexibility index (Phi) is 7.13. The summed E-state index contributed by atoms with van der Waals surface area (Å²) >= 11 is 0. The highest BCUT2D eigenvalue weighted by atomic mass is 16.2. The highest BCUT2D eigenvalue weighted by Crippen LogP contribution is 2.19. The van der Waals surface area contributed by atoms with Gasteiger partial charge in [-0.25, -0.2) is 0 Å². The first-order chi connectivity index (χ1) is 14.3. The topological polar surface area (TPSA) is 79.3 Å². The van der Waals surface area contributed by atoms with Gasteiger partial charge in [0.2, 0.25) is 5.91 Å². The molecule has 0 radical (unpaired) electrons. The van der Waals surface area contributed by atoms with Crippen molar-refractivity contribution in [1.29, 1.82) is 0 Å². The first kappa shape index (κ1) is 22.3. The van der Waals surface area contributed by atoms with E-state index >= 15 is 0 Å². The molecule has 3 rings (SSSR count). The molecule has 30 heavy (non-hydrogen) atoms. The molecule has 1 saturated heterocycles. The number of hydrogen-bond acceptors (Lipinski definition) is 4. The minimum atomic E-state index is -0.351. The lowest BCUT2D eigenvalue weighted by atomic mass is 9.94. The van der Waals surface area contributed by atoms with Crippen molar-refractivity contribution in [3.63, 3.8) is 0 Å². The molecule has 2 aromatic rings. The van der Waals surface area contributed by atoms with Crippen molar-refractivity contribution in [3.8, 4) is 0 Å². The van der Waals surface area contributed by atoms with Crippen molar-refractivity contribution in [2.75, 3.05) is 26.2 Å². The number of piperidine rings is 1. The number of likely N-dealkylation sites (tertiary alicyclic amines) is 1. The summed E-state index contributed by atoms with van der Waals surface area (Å²) in [5, 5.41) is 11.6. The Morgan fingerprint density at radius 3 is 2.50 bits per heavy atom. The third-order valence-corrected chi connectivity index (χ3v) is 5.63. The zero-order valence-electron chi connectivity index (χ0n) is 18.7. The number of carbonyl (C=O) groups is 2. The summed E-state index contributed by atoms with van der Waals surface area (Å²) in [6.07, 6.45) is 2.86. The van der Waals surface area contributed by atoms with Crippen LogP contribution in [0.1, 0.15) is 57.4 Å². The lowest BCUT2D eigenvalue weighted by Gasteiger charge is -2.33. The first-order valence-corrected chi connectivity index (χ1v) is 11.1. The lowest BCUT2D eigenvalue weighted by molar-refractivity contribution is -0.129. The minimum Gasteiger partial charge on any atom is -0.353 e. The number of nitrogens with one attached hydrogen (secondary N) is 2. The average Bonchev–Trinajstić information content (AvgIpc) is 3.08. The van der Waals surface area contributed by atoms with Crippen LogP contribution in [-0.4, -0.2) is 58.7 Å². The first-order valence-electron chi connectivity index (χ1n) is 11.1. The number of hydrogen-bond donors (Lipinski definition) is 2. The number of aryl methyl sites for hydroxylation is 1. The fraction of sp³-hybridized carbons (Fsp3) is 0.609. The molecule has 1 aromatic carbocycles. The maximum atomic E-state index is 12.7. The van der Waals surface area contributed by atoms with Crippen LogP contribution in [-0.2, 0) is 11.3 Å². The van der Waals surface area contributed by atoms with Gasteiger partial charge in [0.05, 0.1) is 5.52 Å². The van der Waals surface area contributed by atoms with E-state index < -0.39 is 0 Å². The summed E-state index contributed by atoms with van der Waals surface area (Å²) in [6, 6.07) is 8.14. The Labute approximate surface area is 179 Å². The van der Waals surface area contributed by atoms with Crippen LogP contribution in [0.15, 0.2) is 24.3 Å². The summed E-state index contributed by atoms with van der Waals surface area (Å²) in [6.45, 7) is 12.0. The van der Waals surface area contributed by atoms with Crippen LogP contribution in [0.25, 0.3) is 10.9 Å². The fourth-order valence-electron chi connectivity index (χ4n) is 3.79. The monoisotopic (exact) mass is 413 g/mol. The van der Waals surface area contributed by atoms with E-state index in [2.05, 4.69) is 27.6 Å². The summed E-state index contributed by atoms with van der Waals surface area (Å²) in [7, 11) is 0. The van der Waals surface area contributed by atoms with Gasteiger partial charge in [-0.1, -0.05) is 45.9 Å². The lowest BCUT2D eigenvalue weighted by Crippen LogP contribution is -2.48. The van der Waals surface area contributed by atoms with Gasteiger partial charge in [-0.3, -0.25) is 14.3 Å². The second kappa shape index (κ2) is 9.60. The number of benzene rings is 1. The zero-order chi connectivity index (χ0) is 21.7. The van der Waals surface area contributed by atoms with Crippen LogP contribution in [0.4, 0.5) is 0 Å². The number of amides is 2. The van der Waals surface area contributed by atoms with Crippen molar-refractivity contribution in [2.45, 2.75) is 59.5 Å². The third kappa shape index (κ3) is 5.39. The maximum Gasteiger partial charge on any atom is 0.272 e. The van der Waals surface area contributed by atoms with Crippen molar-refractivity contribution in [3.05, 3.63) is 30.0 Å². The summed E-state index contributed by atoms with van der Waals surface area (Å²) in [5.74, 6) is -0.00340. The van der Waals surface area contributed by atoms with Crippen LogP contribution in [0, 0.1) is 5.41 Å². The van der Waals surface area contributed by atoms with Gasteiger partial charge in [-0.05, 0) is 25.3 Å². The molecule has 0 saturated carbocycles. The van der Waals surface area contributed by atoms with Gasteiger partial charge < -0.3 is 15.5 Å². The minimum absolute atomic E-state index is 0.114. The molecule has 2 heterocycles. The SMILES string of the molecule is CCCn1nc(C(=O)NCCN2CCC(NC(=O)C(C)(C)C)CC2)c2ccccc21. The van der Waals surface area contributed by atoms with Crippen LogP contribution in [0.5, 0.6) is 0 Å². The van der Waals surface area contributed by atoms with E-state index in [0.717, 1.165) is 56.3 Å². The molecule has 0 atom stereocenters. The average molecular weight is 414 g/mol. The Morgan fingerprint density at radius 2 is 1.83 bits per heavy atom. The summed E-state index contributed by atoms with van der Waals surface area (Å²) < 4.78 is 1.92. The molecule has 0 unspecified atom stereocenters. The van der Waals surface area contributed by atoms with E-state index in [4.69, 9.17) is 0 Å². The van der Waals surface area contributed by atoms with Gasteiger partial charge in [0.25, 0.3) is 5.91 Å². The predicted octanol–water partition coefficient (Wildman–Crippen LogP) is 2.80. The summed E-state index contributed by atoms with van der Waals surface area (Å²) in [5.41, 5.74) is 1.15. The van der Waals surface area contributed by atoms with Crippen molar-refractivity contribution < 1.29 is 9.59 Å². The number of aromatic nitrogens is 2. The number of carbonyl (C=O) groups excluding carboxylic acids is 2. The largest absolute Gasteiger partial charge is 0.353 e. The zero-order valence-corrected chi connectivity index (χ0v) is 18.7. The molecule has 7 heteroatoms. The normalized spacial score (nSPS) is 16.0. The van der Waals surface area contributed by atoms with Gasteiger partial charge in [-0.15, -0.1) is 0 Å². The molecule has 0 bridgehead atoms. The maximum absolute atomic E-state index is 12.7. The second-order valence-corrected chi connectivity index (χ2v) is 9.18. The van der Waals surface area contributed by atoms with Crippen LogP contribution in [0.3, 0.4) is 0 Å². The molecule has 2 N–H and O–H groups in total. The number of fused-ring (bicyclic) bond motifs is 1. The van der Waals surface area contributed by atoms with Crippen molar-refractivity contribution >= 4 is 22.7 Å². The van der Waals surface area contributed by atoms with Crippen LogP contribution < -0.4 is 10.6 Å². The van der Waals surface area contributed by atoms with Crippen LogP contribution >= 0.6 is 0 Å². The summed E-state index contributed by atoms with van der Waals surface area (Å²) in [4.78, 5) is 27.2. The smallest absolute Gasteiger partial charge is 0.272 e. The molecule has 0 spiro atoms. The fourth-order valence-corrected chi connectivity index (χ4v) is 3.79. The van der Waals surface area contributed by atoms with Crippen LogP contribution in [0.2, 0.25) is 0 Å². The van der Waals surface area contributed by atoms with Gasteiger partial charge >= 0.3 is 0 Å². The van der Waals surface area contributed by atoms with E-state index in [1.807, 2.05) is 49.7 Å². The van der Waals surface area contributed by atoms with E-state index in [0.29, 0.717) is 12.2 Å². The number of para-hydroxylation sites is 1. The molecule has 1 fully saturated rings. The quantitative estimate of drug-likeness (QED) is 0.732. The molecular weight excluding hydrogens is 378 g/mol. The van der Waals surface area contributed by atoms with E-state index in [-0.39, 0.29) is 23.3 Å². The second-order valence-electron chi connectivity index (χ2n) is 9.18. The predicted molar refractivity (Wildman–Crippen MR) is 119 cm³/mol.